The topological polar surface area (TPSA) is 68.0 Å². The van der Waals surface area contributed by atoms with Crippen LogP contribution in [0.25, 0.3) is 0 Å². The molecular formula is C10H14ClN3O. The standard InChI is InChI=1S/C10H14ClN3O/c1-10(2,6-12)9(15)14-8-7(11)4-3-5-13-8/h3-5H,6,12H2,1-2H3,(H,13,14,15). The summed E-state index contributed by atoms with van der Waals surface area (Å²) in [6, 6.07) is 3.37. The Bertz CT molecular complexity index is 365. The van der Waals surface area contributed by atoms with Crippen LogP contribution in [-0.2, 0) is 4.79 Å². The number of aromatic nitrogens is 1. The van der Waals surface area contributed by atoms with Gasteiger partial charge in [0.25, 0.3) is 0 Å². The molecule has 5 heteroatoms. The maximum atomic E-state index is 11.7. The van der Waals surface area contributed by atoms with Gasteiger partial charge in [0.15, 0.2) is 5.82 Å². The average Bonchev–Trinajstić information content (AvgIpc) is 2.21. The molecular weight excluding hydrogens is 214 g/mol. The van der Waals surface area contributed by atoms with E-state index in [1.807, 2.05) is 0 Å². The molecule has 3 N–H and O–H groups in total. The predicted molar refractivity (Wildman–Crippen MR) is 60.7 cm³/mol. The number of nitrogens with two attached hydrogens (primary N) is 1. The normalized spacial score (nSPS) is 11.2. The van der Waals surface area contributed by atoms with Gasteiger partial charge in [0, 0.05) is 12.7 Å². The Hall–Kier alpha value is -1.13. The van der Waals surface area contributed by atoms with Crippen LogP contribution in [0.2, 0.25) is 5.02 Å². The number of nitrogens with zero attached hydrogens (tertiary/aromatic N) is 1. The van der Waals surface area contributed by atoms with E-state index < -0.39 is 5.41 Å². The number of carbonyl (C=O) groups excluding carboxylic acids is 1. The highest BCUT2D eigenvalue weighted by Crippen LogP contribution is 2.21. The van der Waals surface area contributed by atoms with Crippen molar-refractivity contribution in [2.24, 2.45) is 11.1 Å². The molecule has 0 aliphatic rings. The van der Waals surface area contributed by atoms with Gasteiger partial charge in [-0.1, -0.05) is 11.6 Å². The summed E-state index contributed by atoms with van der Waals surface area (Å²) in [6.45, 7) is 3.79. The molecule has 1 aromatic rings. The van der Waals surface area contributed by atoms with Gasteiger partial charge in [-0.2, -0.15) is 0 Å². The fourth-order valence-corrected chi connectivity index (χ4v) is 1.02. The lowest BCUT2D eigenvalue weighted by Gasteiger charge is -2.21. The highest BCUT2D eigenvalue weighted by molar-refractivity contribution is 6.33. The van der Waals surface area contributed by atoms with Gasteiger partial charge < -0.3 is 11.1 Å². The number of hydrogen-bond acceptors (Lipinski definition) is 3. The number of anilines is 1. The SMILES string of the molecule is CC(C)(CN)C(=O)Nc1ncccc1Cl. The van der Waals surface area contributed by atoms with E-state index in [1.54, 1.807) is 32.2 Å². The third-order valence-corrected chi connectivity index (χ3v) is 2.42. The van der Waals surface area contributed by atoms with Gasteiger partial charge in [0.2, 0.25) is 5.91 Å². The molecule has 1 heterocycles. The molecule has 0 aromatic carbocycles. The van der Waals surface area contributed by atoms with Crippen molar-refractivity contribution >= 4 is 23.3 Å². The van der Waals surface area contributed by atoms with Gasteiger partial charge in [-0.3, -0.25) is 4.79 Å². The molecule has 0 saturated heterocycles. The Kier molecular flexibility index (Phi) is 3.66. The van der Waals surface area contributed by atoms with Crippen molar-refractivity contribution in [3.05, 3.63) is 23.4 Å². The smallest absolute Gasteiger partial charge is 0.232 e. The van der Waals surface area contributed by atoms with Crippen LogP contribution >= 0.6 is 11.6 Å². The quantitative estimate of drug-likeness (QED) is 0.825. The molecule has 0 aliphatic carbocycles. The minimum Gasteiger partial charge on any atom is -0.329 e. The van der Waals surface area contributed by atoms with Crippen molar-refractivity contribution in [1.29, 1.82) is 0 Å². The fraction of sp³-hybridized carbons (Fsp3) is 0.400. The van der Waals surface area contributed by atoms with E-state index in [-0.39, 0.29) is 12.5 Å². The van der Waals surface area contributed by atoms with Crippen molar-refractivity contribution in [2.75, 3.05) is 11.9 Å². The number of halogens is 1. The zero-order valence-corrected chi connectivity index (χ0v) is 9.51. The van der Waals surface area contributed by atoms with Crippen LogP contribution in [-0.4, -0.2) is 17.4 Å². The first-order valence-corrected chi connectivity index (χ1v) is 4.97. The molecule has 0 bridgehead atoms. The largest absolute Gasteiger partial charge is 0.329 e. The van der Waals surface area contributed by atoms with Crippen LogP contribution < -0.4 is 11.1 Å². The van der Waals surface area contributed by atoms with Gasteiger partial charge in [-0.05, 0) is 26.0 Å². The number of hydrogen-bond donors (Lipinski definition) is 2. The van der Waals surface area contributed by atoms with Crippen molar-refractivity contribution in [3.8, 4) is 0 Å². The van der Waals surface area contributed by atoms with Crippen LogP contribution in [0.1, 0.15) is 13.8 Å². The van der Waals surface area contributed by atoms with E-state index >= 15 is 0 Å². The molecule has 0 aliphatic heterocycles. The van der Waals surface area contributed by atoms with Crippen LogP contribution in [0.4, 0.5) is 5.82 Å². The van der Waals surface area contributed by atoms with Gasteiger partial charge >= 0.3 is 0 Å². The van der Waals surface area contributed by atoms with E-state index in [9.17, 15) is 4.79 Å². The van der Waals surface area contributed by atoms with Crippen molar-refractivity contribution in [3.63, 3.8) is 0 Å². The molecule has 82 valence electrons. The van der Waals surface area contributed by atoms with E-state index in [1.165, 1.54) is 0 Å². The molecule has 0 spiro atoms. The summed E-state index contributed by atoms with van der Waals surface area (Å²) in [5.74, 6) is 0.177. The Balaban J connectivity index is 2.80. The zero-order valence-electron chi connectivity index (χ0n) is 8.75. The fourth-order valence-electron chi connectivity index (χ4n) is 0.847. The summed E-state index contributed by atoms with van der Waals surface area (Å²) in [5.41, 5.74) is 4.86. The summed E-state index contributed by atoms with van der Waals surface area (Å²) in [5, 5.41) is 3.05. The second-order valence-corrected chi connectivity index (χ2v) is 4.28. The number of rotatable bonds is 3. The highest BCUT2D eigenvalue weighted by Gasteiger charge is 2.26. The third kappa shape index (κ3) is 2.91. The summed E-state index contributed by atoms with van der Waals surface area (Å²) in [4.78, 5) is 15.7. The van der Waals surface area contributed by atoms with Crippen LogP contribution in [0.3, 0.4) is 0 Å². The van der Waals surface area contributed by atoms with Crippen LogP contribution in [0.5, 0.6) is 0 Å². The van der Waals surface area contributed by atoms with Crippen LogP contribution in [0, 0.1) is 5.41 Å². The first kappa shape index (κ1) is 11.9. The summed E-state index contributed by atoms with van der Waals surface area (Å²) < 4.78 is 0. The lowest BCUT2D eigenvalue weighted by atomic mass is 9.93. The van der Waals surface area contributed by atoms with E-state index in [0.29, 0.717) is 10.8 Å². The second kappa shape index (κ2) is 4.59. The number of carbonyl (C=O) groups is 1. The zero-order chi connectivity index (χ0) is 11.5. The van der Waals surface area contributed by atoms with Gasteiger partial charge in [0.05, 0.1) is 10.4 Å². The average molecular weight is 228 g/mol. The molecule has 0 saturated carbocycles. The highest BCUT2D eigenvalue weighted by atomic mass is 35.5. The Morgan fingerprint density at radius 3 is 2.87 bits per heavy atom. The Morgan fingerprint density at radius 2 is 2.33 bits per heavy atom. The number of nitrogens with one attached hydrogen (secondary N) is 1. The molecule has 0 radical (unpaired) electrons. The van der Waals surface area contributed by atoms with E-state index in [4.69, 9.17) is 17.3 Å². The summed E-state index contributed by atoms with van der Waals surface area (Å²) in [7, 11) is 0. The first-order chi connectivity index (χ1) is 6.97. The lowest BCUT2D eigenvalue weighted by molar-refractivity contribution is -0.123. The van der Waals surface area contributed by atoms with E-state index in [2.05, 4.69) is 10.3 Å². The van der Waals surface area contributed by atoms with Gasteiger partial charge in [-0.15, -0.1) is 0 Å². The van der Waals surface area contributed by atoms with Crippen molar-refractivity contribution < 1.29 is 4.79 Å². The van der Waals surface area contributed by atoms with Gasteiger partial charge in [0.1, 0.15) is 0 Å². The molecule has 1 aromatic heterocycles. The summed E-state index contributed by atoms with van der Waals surface area (Å²) in [6.07, 6.45) is 1.57. The minimum absolute atomic E-state index is 0.189. The maximum absolute atomic E-state index is 11.7. The number of pyridine rings is 1. The molecule has 15 heavy (non-hydrogen) atoms. The predicted octanol–water partition coefficient (Wildman–Crippen LogP) is 1.66. The minimum atomic E-state index is -0.624. The van der Waals surface area contributed by atoms with Gasteiger partial charge in [-0.25, -0.2) is 4.98 Å². The van der Waals surface area contributed by atoms with Crippen molar-refractivity contribution in [2.45, 2.75) is 13.8 Å². The molecule has 0 unspecified atom stereocenters. The Morgan fingerprint density at radius 1 is 1.67 bits per heavy atom. The lowest BCUT2D eigenvalue weighted by Crippen LogP contribution is -2.37. The van der Waals surface area contributed by atoms with E-state index in [0.717, 1.165) is 0 Å². The molecule has 0 atom stereocenters. The number of amides is 1. The third-order valence-electron chi connectivity index (χ3n) is 2.12. The van der Waals surface area contributed by atoms with Crippen LogP contribution in [0.15, 0.2) is 18.3 Å². The first-order valence-electron chi connectivity index (χ1n) is 4.59. The van der Waals surface area contributed by atoms with Crippen molar-refractivity contribution in [1.82, 2.24) is 4.98 Å². The molecule has 1 rings (SSSR count). The second-order valence-electron chi connectivity index (χ2n) is 3.88. The molecule has 1 amide bonds. The summed E-state index contributed by atoms with van der Waals surface area (Å²) >= 11 is 5.85. The maximum Gasteiger partial charge on any atom is 0.232 e. The molecule has 4 nitrogen and oxygen atoms in total. The molecule has 0 fully saturated rings. The monoisotopic (exact) mass is 227 g/mol. The Labute approximate surface area is 93.8 Å².